The van der Waals surface area contributed by atoms with Crippen LogP contribution in [-0.2, 0) is 0 Å². The highest BCUT2D eigenvalue weighted by Gasteiger charge is 2.20. The van der Waals surface area contributed by atoms with Crippen molar-refractivity contribution >= 4 is 0 Å². The molecule has 1 aliphatic rings. The number of rotatable bonds is 2. The molecule has 0 unspecified atom stereocenters. The van der Waals surface area contributed by atoms with Crippen LogP contribution in [0.25, 0.3) is 0 Å². The Morgan fingerprint density at radius 2 is 2.07 bits per heavy atom. The van der Waals surface area contributed by atoms with E-state index in [2.05, 4.69) is 9.97 Å². The number of nitrogens with zero attached hydrogens (tertiary/aromatic N) is 2. The maximum Gasteiger partial charge on any atom is 0.216 e. The summed E-state index contributed by atoms with van der Waals surface area (Å²) < 4.78 is 5.72. The molecule has 1 saturated carbocycles. The maximum absolute atomic E-state index is 9.36. The monoisotopic (exact) mass is 208 g/mol. The van der Waals surface area contributed by atoms with Gasteiger partial charge in [0.1, 0.15) is 11.9 Å². The molecule has 1 aromatic heterocycles. The van der Waals surface area contributed by atoms with Crippen LogP contribution in [0.15, 0.2) is 12.3 Å². The first-order valence-electron chi connectivity index (χ1n) is 5.38. The molecule has 4 nitrogen and oxygen atoms in total. The fourth-order valence-corrected chi connectivity index (χ4v) is 1.83. The van der Waals surface area contributed by atoms with Crippen LogP contribution >= 0.6 is 0 Å². The molecule has 0 saturated heterocycles. The minimum atomic E-state index is -0.142. The van der Waals surface area contributed by atoms with Crippen LogP contribution in [0.5, 0.6) is 5.88 Å². The average molecular weight is 208 g/mol. The molecule has 1 fully saturated rings. The highest BCUT2D eigenvalue weighted by Crippen LogP contribution is 2.22. The number of ether oxygens (including phenoxy) is 1. The van der Waals surface area contributed by atoms with Gasteiger partial charge in [-0.2, -0.15) is 4.98 Å². The smallest absolute Gasteiger partial charge is 0.216 e. The molecule has 0 spiro atoms. The standard InChI is InChI=1S/C11H16N2O2/c1-8-12-7-6-11(13-8)15-10-4-2-9(14)3-5-10/h6-7,9-10,14H,2-5H2,1H3. The van der Waals surface area contributed by atoms with Gasteiger partial charge in [-0.1, -0.05) is 0 Å². The summed E-state index contributed by atoms with van der Waals surface area (Å²) in [7, 11) is 0. The third kappa shape index (κ3) is 2.89. The van der Waals surface area contributed by atoms with Gasteiger partial charge in [-0.25, -0.2) is 4.98 Å². The van der Waals surface area contributed by atoms with Crippen molar-refractivity contribution in [2.24, 2.45) is 0 Å². The summed E-state index contributed by atoms with van der Waals surface area (Å²) in [5.41, 5.74) is 0. The third-order valence-corrected chi connectivity index (χ3v) is 2.68. The van der Waals surface area contributed by atoms with E-state index in [-0.39, 0.29) is 12.2 Å². The molecule has 0 bridgehead atoms. The molecule has 0 atom stereocenters. The Bertz CT molecular complexity index is 322. The summed E-state index contributed by atoms with van der Waals surface area (Å²) in [6.07, 6.45) is 5.23. The first-order valence-corrected chi connectivity index (χ1v) is 5.38. The van der Waals surface area contributed by atoms with E-state index < -0.39 is 0 Å². The van der Waals surface area contributed by atoms with E-state index in [9.17, 15) is 5.11 Å². The summed E-state index contributed by atoms with van der Waals surface area (Å²) in [5, 5.41) is 9.36. The summed E-state index contributed by atoms with van der Waals surface area (Å²) in [4.78, 5) is 8.20. The van der Waals surface area contributed by atoms with E-state index in [0.717, 1.165) is 31.5 Å². The normalized spacial score (nSPS) is 26.3. The Labute approximate surface area is 89.3 Å². The number of aliphatic hydroxyl groups excluding tert-OH is 1. The SMILES string of the molecule is Cc1nccc(OC2CCC(O)CC2)n1. The molecule has 0 radical (unpaired) electrons. The molecule has 0 aliphatic heterocycles. The van der Waals surface area contributed by atoms with Gasteiger partial charge in [-0.3, -0.25) is 0 Å². The van der Waals surface area contributed by atoms with E-state index in [4.69, 9.17) is 4.74 Å². The van der Waals surface area contributed by atoms with E-state index in [1.807, 2.05) is 6.92 Å². The first-order chi connectivity index (χ1) is 7.24. The first kappa shape index (κ1) is 10.4. The number of aryl methyl sites for hydroxylation is 1. The molecule has 82 valence electrons. The Morgan fingerprint density at radius 3 is 2.73 bits per heavy atom. The lowest BCUT2D eigenvalue weighted by Gasteiger charge is -2.25. The fraction of sp³-hybridized carbons (Fsp3) is 0.636. The lowest BCUT2D eigenvalue weighted by molar-refractivity contribution is 0.0642. The third-order valence-electron chi connectivity index (χ3n) is 2.68. The van der Waals surface area contributed by atoms with E-state index in [1.165, 1.54) is 0 Å². The van der Waals surface area contributed by atoms with Crippen molar-refractivity contribution in [3.05, 3.63) is 18.1 Å². The van der Waals surface area contributed by atoms with Crippen molar-refractivity contribution in [1.29, 1.82) is 0 Å². The van der Waals surface area contributed by atoms with Crippen LogP contribution in [0.4, 0.5) is 0 Å². The van der Waals surface area contributed by atoms with Gasteiger partial charge in [0.2, 0.25) is 5.88 Å². The van der Waals surface area contributed by atoms with Crippen molar-refractivity contribution in [3.8, 4) is 5.88 Å². The second-order valence-corrected chi connectivity index (χ2v) is 3.99. The Balaban J connectivity index is 1.92. The fourth-order valence-electron chi connectivity index (χ4n) is 1.83. The number of aromatic nitrogens is 2. The summed E-state index contributed by atoms with van der Waals surface area (Å²) in [6, 6.07) is 1.78. The summed E-state index contributed by atoms with van der Waals surface area (Å²) >= 11 is 0. The quantitative estimate of drug-likeness (QED) is 0.799. The highest BCUT2D eigenvalue weighted by atomic mass is 16.5. The van der Waals surface area contributed by atoms with Crippen LogP contribution in [0, 0.1) is 6.92 Å². The number of aliphatic hydroxyl groups is 1. The predicted molar refractivity (Wildman–Crippen MR) is 55.7 cm³/mol. The molecular weight excluding hydrogens is 192 g/mol. The van der Waals surface area contributed by atoms with Crippen molar-refractivity contribution in [2.75, 3.05) is 0 Å². The molecule has 15 heavy (non-hydrogen) atoms. The van der Waals surface area contributed by atoms with Crippen LogP contribution in [0.1, 0.15) is 31.5 Å². The molecule has 1 heterocycles. The van der Waals surface area contributed by atoms with E-state index in [1.54, 1.807) is 12.3 Å². The molecule has 2 rings (SSSR count). The average Bonchev–Trinajstić information content (AvgIpc) is 2.22. The van der Waals surface area contributed by atoms with Crippen molar-refractivity contribution < 1.29 is 9.84 Å². The van der Waals surface area contributed by atoms with Gasteiger partial charge in [0, 0.05) is 12.3 Å². The van der Waals surface area contributed by atoms with E-state index in [0.29, 0.717) is 5.88 Å². The minimum Gasteiger partial charge on any atom is -0.474 e. The molecule has 4 heteroatoms. The Morgan fingerprint density at radius 1 is 1.33 bits per heavy atom. The topological polar surface area (TPSA) is 55.2 Å². The van der Waals surface area contributed by atoms with Gasteiger partial charge in [0.05, 0.1) is 6.10 Å². The molecular formula is C11H16N2O2. The number of hydrogen-bond donors (Lipinski definition) is 1. The zero-order valence-electron chi connectivity index (χ0n) is 8.89. The molecule has 1 aromatic rings. The van der Waals surface area contributed by atoms with Gasteiger partial charge >= 0.3 is 0 Å². The Kier molecular flexibility index (Phi) is 3.16. The van der Waals surface area contributed by atoms with E-state index >= 15 is 0 Å². The van der Waals surface area contributed by atoms with Crippen LogP contribution in [0.3, 0.4) is 0 Å². The van der Waals surface area contributed by atoms with Crippen molar-refractivity contribution in [3.63, 3.8) is 0 Å². The zero-order valence-corrected chi connectivity index (χ0v) is 8.89. The minimum absolute atomic E-state index is 0.142. The molecule has 0 aromatic carbocycles. The second-order valence-electron chi connectivity index (χ2n) is 3.99. The maximum atomic E-state index is 9.36. The van der Waals surface area contributed by atoms with Crippen molar-refractivity contribution in [2.45, 2.75) is 44.8 Å². The molecule has 1 N–H and O–H groups in total. The lowest BCUT2D eigenvalue weighted by atomic mass is 9.95. The van der Waals surface area contributed by atoms with Crippen LogP contribution in [0.2, 0.25) is 0 Å². The van der Waals surface area contributed by atoms with Crippen LogP contribution < -0.4 is 4.74 Å². The second kappa shape index (κ2) is 4.57. The summed E-state index contributed by atoms with van der Waals surface area (Å²) in [5.74, 6) is 1.37. The highest BCUT2D eigenvalue weighted by molar-refractivity contribution is 5.08. The van der Waals surface area contributed by atoms with Crippen LogP contribution in [-0.4, -0.2) is 27.3 Å². The summed E-state index contributed by atoms with van der Waals surface area (Å²) in [6.45, 7) is 1.84. The van der Waals surface area contributed by atoms with Gasteiger partial charge in [-0.05, 0) is 32.6 Å². The molecule has 1 aliphatic carbocycles. The Hall–Kier alpha value is -1.16. The zero-order chi connectivity index (χ0) is 10.7. The largest absolute Gasteiger partial charge is 0.474 e. The van der Waals surface area contributed by atoms with Gasteiger partial charge in [-0.15, -0.1) is 0 Å². The lowest BCUT2D eigenvalue weighted by Crippen LogP contribution is -2.26. The van der Waals surface area contributed by atoms with Gasteiger partial charge < -0.3 is 9.84 Å². The number of hydrogen-bond acceptors (Lipinski definition) is 4. The predicted octanol–water partition coefficient (Wildman–Crippen LogP) is 1.47. The van der Waals surface area contributed by atoms with Crippen molar-refractivity contribution in [1.82, 2.24) is 9.97 Å². The van der Waals surface area contributed by atoms with Gasteiger partial charge in [0.15, 0.2) is 0 Å². The van der Waals surface area contributed by atoms with Gasteiger partial charge in [0.25, 0.3) is 0 Å². The molecule has 0 amide bonds.